The van der Waals surface area contributed by atoms with Gasteiger partial charge in [-0.2, -0.15) is 0 Å². The Morgan fingerprint density at radius 3 is 2.58 bits per heavy atom. The Labute approximate surface area is 114 Å². The van der Waals surface area contributed by atoms with Gasteiger partial charge in [0, 0.05) is 30.4 Å². The van der Waals surface area contributed by atoms with E-state index in [0.717, 1.165) is 24.2 Å². The van der Waals surface area contributed by atoms with Crippen LogP contribution in [-0.4, -0.2) is 35.3 Å². The molecule has 5 nitrogen and oxygen atoms in total. The van der Waals surface area contributed by atoms with Crippen molar-refractivity contribution in [1.29, 1.82) is 0 Å². The molecule has 0 aliphatic carbocycles. The molecule has 0 bridgehead atoms. The van der Waals surface area contributed by atoms with Gasteiger partial charge in [-0.3, -0.25) is 0 Å². The van der Waals surface area contributed by atoms with Crippen molar-refractivity contribution in [2.24, 2.45) is 10.9 Å². The van der Waals surface area contributed by atoms with Crippen LogP contribution in [0.3, 0.4) is 0 Å². The van der Waals surface area contributed by atoms with Gasteiger partial charge < -0.3 is 20.9 Å². The molecule has 0 heterocycles. The summed E-state index contributed by atoms with van der Waals surface area (Å²) in [6, 6.07) is 6.06. The smallest absolute Gasteiger partial charge is 0.170 e. The van der Waals surface area contributed by atoms with Crippen molar-refractivity contribution in [2.45, 2.75) is 33.2 Å². The molecule has 0 amide bonds. The van der Waals surface area contributed by atoms with Gasteiger partial charge in [-0.05, 0) is 51.0 Å². The first kappa shape index (κ1) is 15.3. The molecule has 1 aromatic rings. The fourth-order valence-electron chi connectivity index (χ4n) is 2.09. The number of benzene rings is 1. The largest absolute Gasteiger partial charge is 0.409 e. The summed E-state index contributed by atoms with van der Waals surface area (Å²) >= 11 is 0. The zero-order valence-corrected chi connectivity index (χ0v) is 11.8. The zero-order valence-electron chi connectivity index (χ0n) is 11.8. The minimum absolute atomic E-state index is 0.112. The lowest BCUT2D eigenvalue weighted by molar-refractivity contribution is 0.288. The number of rotatable bonds is 6. The molecule has 106 valence electrons. The van der Waals surface area contributed by atoms with E-state index in [-0.39, 0.29) is 12.4 Å². The van der Waals surface area contributed by atoms with E-state index in [1.165, 1.54) is 0 Å². The van der Waals surface area contributed by atoms with Crippen molar-refractivity contribution in [2.75, 3.05) is 18.1 Å². The topological polar surface area (TPSA) is 82.1 Å². The second-order valence-electron chi connectivity index (χ2n) is 4.85. The van der Waals surface area contributed by atoms with E-state index in [0.29, 0.717) is 11.6 Å². The highest BCUT2D eigenvalue weighted by molar-refractivity contribution is 5.97. The lowest BCUT2D eigenvalue weighted by Gasteiger charge is -2.30. The Bertz CT molecular complexity index is 444. The Kier molecular flexibility index (Phi) is 5.63. The number of amidine groups is 1. The van der Waals surface area contributed by atoms with Crippen LogP contribution in [0.25, 0.3) is 0 Å². The van der Waals surface area contributed by atoms with Gasteiger partial charge in [0.2, 0.25) is 0 Å². The molecule has 0 radical (unpaired) electrons. The maximum Gasteiger partial charge on any atom is 0.170 e. The van der Waals surface area contributed by atoms with E-state index in [2.05, 4.69) is 23.9 Å². The highest BCUT2D eigenvalue weighted by atomic mass is 16.4. The SMILES string of the molecule is Cc1cc(/C(N)=N/O)ccc1N(CCCO)C(C)C. The summed E-state index contributed by atoms with van der Waals surface area (Å²) in [5.41, 5.74) is 8.46. The number of hydrogen-bond donors (Lipinski definition) is 3. The van der Waals surface area contributed by atoms with Crippen LogP contribution in [0, 0.1) is 6.92 Å². The maximum absolute atomic E-state index is 8.98. The molecule has 0 fully saturated rings. The van der Waals surface area contributed by atoms with E-state index < -0.39 is 0 Å². The van der Waals surface area contributed by atoms with E-state index >= 15 is 0 Å². The predicted molar refractivity (Wildman–Crippen MR) is 77.9 cm³/mol. The molecular formula is C14H23N3O2. The molecule has 0 saturated carbocycles. The second-order valence-corrected chi connectivity index (χ2v) is 4.85. The molecule has 0 unspecified atom stereocenters. The first-order valence-corrected chi connectivity index (χ1v) is 6.47. The van der Waals surface area contributed by atoms with Gasteiger partial charge in [0.05, 0.1) is 0 Å². The van der Waals surface area contributed by atoms with Crippen LogP contribution in [0.2, 0.25) is 0 Å². The molecule has 4 N–H and O–H groups in total. The number of nitrogens with zero attached hydrogens (tertiary/aromatic N) is 2. The lowest BCUT2D eigenvalue weighted by atomic mass is 10.1. The third-order valence-electron chi connectivity index (χ3n) is 3.09. The van der Waals surface area contributed by atoms with Crippen LogP contribution >= 0.6 is 0 Å². The first-order valence-electron chi connectivity index (χ1n) is 6.47. The second kappa shape index (κ2) is 6.99. The minimum Gasteiger partial charge on any atom is -0.409 e. The van der Waals surface area contributed by atoms with Gasteiger partial charge in [-0.15, -0.1) is 0 Å². The van der Waals surface area contributed by atoms with Crippen LogP contribution in [0.5, 0.6) is 0 Å². The number of nitrogens with two attached hydrogens (primary N) is 1. The lowest BCUT2D eigenvalue weighted by Crippen LogP contribution is -2.32. The monoisotopic (exact) mass is 265 g/mol. The van der Waals surface area contributed by atoms with Crippen molar-refractivity contribution < 1.29 is 10.3 Å². The number of aliphatic hydroxyl groups is 1. The van der Waals surface area contributed by atoms with Gasteiger partial charge in [-0.25, -0.2) is 0 Å². The predicted octanol–water partition coefficient (Wildman–Crippen LogP) is 1.69. The summed E-state index contributed by atoms with van der Waals surface area (Å²) in [6.45, 7) is 7.22. The zero-order chi connectivity index (χ0) is 14.4. The first-order chi connectivity index (χ1) is 9.01. The van der Waals surface area contributed by atoms with E-state index in [9.17, 15) is 0 Å². The van der Waals surface area contributed by atoms with Crippen molar-refractivity contribution in [3.05, 3.63) is 29.3 Å². The van der Waals surface area contributed by atoms with Gasteiger partial charge in [0.1, 0.15) is 0 Å². The van der Waals surface area contributed by atoms with Crippen LogP contribution in [0.4, 0.5) is 5.69 Å². The molecule has 1 rings (SSSR count). The average Bonchev–Trinajstić information content (AvgIpc) is 2.39. The molecule has 1 aromatic carbocycles. The van der Waals surface area contributed by atoms with Gasteiger partial charge in [0.25, 0.3) is 0 Å². The fraction of sp³-hybridized carbons (Fsp3) is 0.500. The minimum atomic E-state index is 0.112. The maximum atomic E-state index is 8.98. The molecule has 0 spiro atoms. The van der Waals surface area contributed by atoms with E-state index in [4.69, 9.17) is 16.0 Å². The number of aryl methyl sites for hydroxylation is 1. The Balaban J connectivity index is 3.05. The van der Waals surface area contributed by atoms with Crippen LogP contribution in [0.1, 0.15) is 31.4 Å². The van der Waals surface area contributed by atoms with Crippen LogP contribution in [0.15, 0.2) is 23.4 Å². The fourth-order valence-corrected chi connectivity index (χ4v) is 2.09. The molecule has 0 saturated heterocycles. The summed E-state index contributed by atoms with van der Waals surface area (Å²) < 4.78 is 0. The molecular weight excluding hydrogens is 242 g/mol. The number of hydrogen-bond acceptors (Lipinski definition) is 4. The van der Waals surface area contributed by atoms with Gasteiger partial charge in [-0.1, -0.05) is 5.16 Å². The number of anilines is 1. The van der Waals surface area contributed by atoms with E-state index in [1.54, 1.807) is 0 Å². The van der Waals surface area contributed by atoms with Gasteiger partial charge >= 0.3 is 0 Å². The quantitative estimate of drug-likeness (QED) is 0.316. The summed E-state index contributed by atoms with van der Waals surface area (Å²) in [6.07, 6.45) is 0.736. The van der Waals surface area contributed by atoms with Crippen molar-refractivity contribution in [3.8, 4) is 0 Å². The normalized spacial score (nSPS) is 11.9. The van der Waals surface area contributed by atoms with Gasteiger partial charge in [0.15, 0.2) is 5.84 Å². The van der Waals surface area contributed by atoms with Crippen LogP contribution in [-0.2, 0) is 0 Å². The van der Waals surface area contributed by atoms with Crippen molar-refractivity contribution >= 4 is 11.5 Å². The Morgan fingerprint density at radius 2 is 2.11 bits per heavy atom. The summed E-state index contributed by atoms with van der Waals surface area (Å²) in [4.78, 5) is 2.24. The highest BCUT2D eigenvalue weighted by Gasteiger charge is 2.13. The molecule has 0 aromatic heterocycles. The number of aliphatic hydroxyl groups excluding tert-OH is 1. The molecule has 0 aliphatic rings. The Morgan fingerprint density at radius 1 is 1.42 bits per heavy atom. The summed E-state index contributed by atoms with van der Waals surface area (Å²) in [5.74, 6) is 0.112. The van der Waals surface area contributed by atoms with Crippen LogP contribution < -0.4 is 10.6 Å². The number of oxime groups is 1. The molecule has 5 heteroatoms. The van der Waals surface area contributed by atoms with Crippen molar-refractivity contribution in [3.63, 3.8) is 0 Å². The molecule has 19 heavy (non-hydrogen) atoms. The molecule has 0 atom stereocenters. The third kappa shape index (κ3) is 3.86. The Hall–Kier alpha value is -1.75. The average molecular weight is 265 g/mol. The van der Waals surface area contributed by atoms with E-state index in [1.807, 2.05) is 25.1 Å². The summed E-state index contributed by atoms with van der Waals surface area (Å²) in [5, 5.41) is 20.7. The van der Waals surface area contributed by atoms with Crippen molar-refractivity contribution in [1.82, 2.24) is 0 Å². The third-order valence-corrected chi connectivity index (χ3v) is 3.09. The summed E-state index contributed by atoms with van der Waals surface area (Å²) in [7, 11) is 0. The standard InChI is InChI=1S/C14H23N3O2/c1-10(2)17(7-4-8-18)13-6-5-12(9-11(13)3)14(15)16-19/h5-6,9-10,18-19H,4,7-8H2,1-3H3,(H2,15,16). The molecule has 0 aliphatic heterocycles. The highest BCUT2D eigenvalue weighted by Crippen LogP contribution is 2.23.